The van der Waals surface area contributed by atoms with Crippen molar-refractivity contribution in [3.05, 3.63) is 23.8 Å². The minimum Gasteiger partial charge on any atom is -0.383 e. The van der Waals surface area contributed by atoms with E-state index in [9.17, 15) is 8.78 Å². The fraction of sp³-hybridized carbons (Fsp3) is 0.455. The molecule has 1 aromatic carbocycles. The Morgan fingerprint density at radius 1 is 1.40 bits per heavy atom. The summed E-state index contributed by atoms with van der Waals surface area (Å²) < 4.78 is 25.1. The lowest BCUT2D eigenvalue weighted by molar-refractivity contribution is 0.151. The summed E-state index contributed by atoms with van der Waals surface area (Å²) in [4.78, 5) is 0.920. The van der Waals surface area contributed by atoms with Gasteiger partial charge in [0.05, 0.1) is 0 Å². The van der Waals surface area contributed by atoms with Gasteiger partial charge in [-0.05, 0) is 26.0 Å². The number of alkyl halides is 2. The quantitative estimate of drug-likeness (QED) is 0.783. The number of thioether (sulfide) groups is 1. The highest BCUT2D eigenvalue weighted by molar-refractivity contribution is 8.00. The number of benzene rings is 1. The van der Waals surface area contributed by atoms with Crippen molar-refractivity contribution < 1.29 is 8.78 Å². The summed E-state index contributed by atoms with van der Waals surface area (Å²) in [5.74, 6) is 0. The smallest absolute Gasteiger partial charge is 0.263 e. The van der Waals surface area contributed by atoms with Crippen molar-refractivity contribution in [2.24, 2.45) is 0 Å². The van der Waals surface area contributed by atoms with Gasteiger partial charge in [0.1, 0.15) is 0 Å². The zero-order valence-electron chi connectivity index (χ0n) is 8.68. The van der Waals surface area contributed by atoms with E-state index in [1.807, 2.05) is 0 Å². The first-order valence-electron chi connectivity index (χ1n) is 4.83. The van der Waals surface area contributed by atoms with E-state index >= 15 is 0 Å². The van der Waals surface area contributed by atoms with Gasteiger partial charge in [-0.1, -0.05) is 6.07 Å². The van der Waals surface area contributed by atoms with Crippen LogP contribution < -0.4 is 5.32 Å². The fourth-order valence-electron chi connectivity index (χ4n) is 1.55. The van der Waals surface area contributed by atoms with Crippen LogP contribution in [0.2, 0.25) is 0 Å². The molecule has 4 heteroatoms. The second-order valence-electron chi connectivity index (χ2n) is 4.27. The van der Waals surface area contributed by atoms with Gasteiger partial charge in [0.15, 0.2) is 0 Å². The third-order valence-corrected chi connectivity index (χ3v) is 3.60. The Balaban J connectivity index is 2.35. The van der Waals surface area contributed by atoms with Crippen LogP contribution in [-0.4, -0.2) is 11.3 Å². The van der Waals surface area contributed by atoms with E-state index in [2.05, 4.69) is 19.2 Å². The maximum atomic E-state index is 12.5. The fourth-order valence-corrected chi connectivity index (χ4v) is 2.73. The van der Waals surface area contributed by atoms with Gasteiger partial charge < -0.3 is 5.32 Å². The normalized spacial score (nSPS) is 18.5. The van der Waals surface area contributed by atoms with Crippen LogP contribution in [0.1, 0.15) is 25.8 Å². The van der Waals surface area contributed by atoms with Crippen LogP contribution in [0.15, 0.2) is 23.1 Å². The molecule has 0 aromatic heterocycles. The first-order valence-corrected chi connectivity index (χ1v) is 5.64. The predicted molar refractivity (Wildman–Crippen MR) is 59.8 cm³/mol. The van der Waals surface area contributed by atoms with Crippen molar-refractivity contribution >= 4 is 17.4 Å². The average Bonchev–Trinajstić information content (AvgIpc) is 2.15. The molecule has 1 aliphatic heterocycles. The Hall–Kier alpha value is -0.770. The molecule has 0 radical (unpaired) electrons. The zero-order valence-corrected chi connectivity index (χ0v) is 9.50. The van der Waals surface area contributed by atoms with E-state index in [1.54, 1.807) is 23.9 Å². The molecule has 0 unspecified atom stereocenters. The number of rotatable bonds is 1. The summed E-state index contributed by atoms with van der Waals surface area (Å²) in [5, 5.41) is 3.25. The Bertz CT molecular complexity index is 377. The Kier molecular flexibility index (Phi) is 2.63. The van der Waals surface area contributed by atoms with E-state index in [4.69, 9.17) is 0 Å². The highest BCUT2D eigenvalue weighted by atomic mass is 32.2. The molecule has 2 rings (SSSR count). The van der Waals surface area contributed by atoms with Gasteiger partial charge in [-0.15, -0.1) is 11.8 Å². The van der Waals surface area contributed by atoms with Crippen LogP contribution in [0, 0.1) is 0 Å². The number of hydrogen-bond donors (Lipinski definition) is 1. The molecule has 0 amide bonds. The first-order chi connectivity index (χ1) is 6.98. The van der Waals surface area contributed by atoms with Crippen molar-refractivity contribution in [2.75, 3.05) is 11.9 Å². The minimum atomic E-state index is -2.39. The summed E-state index contributed by atoms with van der Waals surface area (Å²) in [6.45, 7) is 5.06. The van der Waals surface area contributed by atoms with Gasteiger partial charge in [-0.3, -0.25) is 0 Å². The second kappa shape index (κ2) is 3.67. The molecule has 0 aliphatic carbocycles. The van der Waals surface area contributed by atoms with Crippen LogP contribution >= 0.6 is 11.8 Å². The molecule has 1 N–H and O–H groups in total. The van der Waals surface area contributed by atoms with Crippen LogP contribution in [0.3, 0.4) is 0 Å². The molecule has 0 bridgehead atoms. The van der Waals surface area contributed by atoms with Crippen molar-refractivity contribution in [1.29, 1.82) is 0 Å². The van der Waals surface area contributed by atoms with E-state index in [0.29, 0.717) is 0 Å². The monoisotopic (exact) mass is 229 g/mol. The van der Waals surface area contributed by atoms with Crippen LogP contribution in [0.25, 0.3) is 0 Å². The molecule has 0 atom stereocenters. The lowest BCUT2D eigenvalue weighted by Gasteiger charge is -2.31. The van der Waals surface area contributed by atoms with E-state index in [0.717, 1.165) is 17.1 Å². The number of hydrogen-bond acceptors (Lipinski definition) is 2. The third-order valence-electron chi connectivity index (χ3n) is 2.35. The number of halogens is 2. The molecular weight excluding hydrogens is 216 g/mol. The number of nitrogens with one attached hydrogen (secondary N) is 1. The molecule has 1 aliphatic rings. The van der Waals surface area contributed by atoms with Crippen LogP contribution in [0.4, 0.5) is 14.5 Å². The maximum absolute atomic E-state index is 12.5. The molecule has 1 nitrogen and oxygen atoms in total. The second-order valence-corrected chi connectivity index (χ2v) is 6.02. The lowest BCUT2D eigenvalue weighted by Crippen LogP contribution is -2.29. The van der Waals surface area contributed by atoms with Crippen LogP contribution in [-0.2, 0) is 0 Å². The lowest BCUT2D eigenvalue weighted by atomic mass is 10.1. The highest BCUT2D eigenvalue weighted by Gasteiger charge is 2.26. The standard InChI is InChI=1S/C11H13F2NS/c1-11(2)6-14-8-4-3-7(10(12)13)5-9(8)15-11/h3-5,10,14H,6H2,1-2H3. The number of anilines is 1. The van der Waals surface area contributed by atoms with Crippen molar-refractivity contribution in [3.63, 3.8) is 0 Å². The predicted octanol–water partition coefficient (Wildman–Crippen LogP) is 3.92. The molecule has 0 saturated heterocycles. The summed E-state index contributed by atoms with van der Waals surface area (Å²) in [5.41, 5.74) is 1.06. The van der Waals surface area contributed by atoms with E-state index in [1.165, 1.54) is 6.07 Å². The molecular formula is C11H13F2NS. The first kappa shape index (κ1) is 10.7. The van der Waals surface area contributed by atoms with Crippen molar-refractivity contribution in [1.82, 2.24) is 0 Å². The van der Waals surface area contributed by atoms with Gasteiger partial charge in [0.2, 0.25) is 0 Å². The van der Waals surface area contributed by atoms with Gasteiger partial charge in [-0.2, -0.15) is 0 Å². The molecule has 15 heavy (non-hydrogen) atoms. The molecule has 1 heterocycles. The van der Waals surface area contributed by atoms with Gasteiger partial charge in [-0.25, -0.2) is 8.78 Å². The summed E-state index contributed by atoms with van der Waals surface area (Å²) in [7, 11) is 0. The van der Waals surface area contributed by atoms with Gasteiger partial charge >= 0.3 is 0 Å². The summed E-state index contributed by atoms with van der Waals surface area (Å²) in [6.07, 6.45) is -2.39. The molecule has 0 fully saturated rings. The Morgan fingerprint density at radius 3 is 2.80 bits per heavy atom. The van der Waals surface area contributed by atoms with E-state index in [-0.39, 0.29) is 10.3 Å². The van der Waals surface area contributed by atoms with Gasteiger partial charge in [0.25, 0.3) is 6.43 Å². The topological polar surface area (TPSA) is 12.0 Å². The molecule has 82 valence electrons. The highest BCUT2D eigenvalue weighted by Crippen LogP contribution is 2.42. The Morgan fingerprint density at radius 2 is 2.13 bits per heavy atom. The van der Waals surface area contributed by atoms with Gasteiger partial charge in [0, 0.05) is 27.4 Å². The number of fused-ring (bicyclic) bond motifs is 1. The molecule has 0 saturated carbocycles. The third kappa shape index (κ3) is 2.25. The SMILES string of the molecule is CC1(C)CNc2ccc(C(F)F)cc2S1. The van der Waals surface area contributed by atoms with Crippen molar-refractivity contribution in [2.45, 2.75) is 29.9 Å². The van der Waals surface area contributed by atoms with Crippen LogP contribution in [0.5, 0.6) is 0 Å². The minimum absolute atomic E-state index is 0.0632. The maximum Gasteiger partial charge on any atom is 0.263 e. The Labute approximate surface area is 92.3 Å². The summed E-state index contributed by atoms with van der Waals surface area (Å²) >= 11 is 1.65. The summed E-state index contributed by atoms with van der Waals surface area (Å²) in [6, 6.07) is 4.80. The zero-order chi connectivity index (χ0) is 11.1. The molecule has 0 spiro atoms. The largest absolute Gasteiger partial charge is 0.383 e. The molecule has 1 aromatic rings. The average molecular weight is 229 g/mol. The van der Waals surface area contributed by atoms with E-state index < -0.39 is 6.43 Å². The van der Waals surface area contributed by atoms with Crippen molar-refractivity contribution in [3.8, 4) is 0 Å².